The van der Waals surface area contributed by atoms with Gasteiger partial charge in [-0.15, -0.1) is 12.6 Å². The van der Waals surface area contributed by atoms with Crippen molar-refractivity contribution in [3.8, 4) is 0 Å². The van der Waals surface area contributed by atoms with Crippen molar-refractivity contribution in [3.05, 3.63) is 0 Å². The van der Waals surface area contributed by atoms with Crippen LogP contribution < -0.4 is 0 Å². The van der Waals surface area contributed by atoms with E-state index in [1.807, 2.05) is 6.92 Å². The first kappa shape index (κ1) is 12.3. The smallest absolute Gasteiger partial charge is 0.129 e. The zero-order chi connectivity index (χ0) is 10.7. The van der Waals surface area contributed by atoms with Gasteiger partial charge in [-0.1, -0.05) is 0 Å². The Morgan fingerprint density at radius 2 is 1.43 bits per heavy atom. The molecule has 1 aliphatic heterocycles. The molecular weight excluding hydrogens is 204 g/mol. The molecule has 14 heavy (non-hydrogen) atoms. The fraction of sp³-hybridized carbons (Fsp3) is 1.00. The van der Waals surface area contributed by atoms with Crippen LogP contribution in [0.5, 0.6) is 0 Å². The van der Waals surface area contributed by atoms with Gasteiger partial charge in [-0.25, -0.2) is 0 Å². The second-order valence-electron chi connectivity index (χ2n) is 3.33. The minimum Gasteiger partial charge on any atom is -0.376 e. The van der Waals surface area contributed by atoms with E-state index in [9.17, 15) is 0 Å². The van der Waals surface area contributed by atoms with Gasteiger partial charge >= 0.3 is 0 Å². The molecule has 5 heteroatoms. The van der Waals surface area contributed by atoms with Crippen LogP contribution in [0.15, 0.2) is 0 Å². The molecule has 1 unspecified atom stereocenters. The fourth-order valence-electron chi connectivity index (χ4n) is 1.84. The highest BCUT2D eigenvalue weighted by atomic mass is 32.1. The summed E-state index contributed by atoms with van der Waals surface area (Å²) in [5, 5.41) is 0. The maximum Gasteiger partial charge on any atom is 0.129 e. The Hall–Kier alpha value is 0.190. The van der Waals surface area contributed by atoms with Crippen molar-refractivity contribution in [2.45, 2.75) is 36.8 Å². The van der Waals surface area contributed by atoms with E-state index in [-0.39, 0.29) is 29.9 Å². The average molecular weight is 222 g/mol. The molecule has 0 spiro atoms. The summed E-state index contributed by atoms with van der Waals surface area (Å²) in [6.45, 7) is 1.94. The molecule has 1 heterocycles. The summed E-state index contributed by atoms with van der Waals surface area (Å²) in [5.41, 5.74) is -0.272. The van der Waals surface area contributed by atoms with Gasteiger partial charge in [-0.3, -0.25) is 0 Å². The Bertz CT molecular complexity index is 162. The van der Waals surface area contributed by atoms with Crippen molar-refractivity contribution >= 4 is 12.6 Å². The molecule has 1 rings (SSSR count). The molecule has 84 valence electrons. The highest BCUT2D eigenvalue weighted by Gasteiger charge is 2.43. The number of rotatable bonds is 3. The average Bonchev–Trinajstić information content (AvgIpc) is 2.16. The number of methoxy groups -OCH3 is 3. The van der Waals surface area contributed by atoms with Crippen LogP contribution in [0.25, 0.3) is 0 Å². The quantitative estimate of drug-likeness (QED) is 0.713. The fourth-order valence-corrected chi connectivity index (χ4v) is 2.32. The molecule has 1 saturated heterocycles. The molecule has 1 aliphatic rings. The lowest BCUT2D eigenvalue weighted by molar-refractivity contribution is -0.215. The van der Waals surface area contributed by atoms with Gasteiger partial charge in [0.1, 0.15) is 23.7 Å². The highest BCUT2D eigenvalue weighted by molar-refractivity contribution is 7.80. The van der Waals surface area contributed by atoms with Gasteiger partial charge in [-0.05, 0) is 6.92 Å². The van der Waals surface area contributed by atoms with Crippen LogP contribution in [0.1, 0.15) is 6.92 Å². The highest BCUT2D eigenvalue weighted by Crippen LogP contribution is 2.28. The van der Waals surface area contributed by atoms with Crippen molar-refractivity contribution < 1.29 is 18.9 Å². The summed E-state index contributed by atoms with van der Waals surface area (Å²) >= 11 is 4.31. The van der Waals surface area contributed by atoms with E-state index in [2.05, 4.69) is 12.6 Å². The van der Waals surface area contributed by atoms with Crippen LogP contribution >= 0.6 is 12.6 Å². The Morgan fingerprint density at radius 1 is 0.929 bits per heavy atom. The molecule has 4 nitrogen and oxygen atoms in total. The summed E-state index contributed by atoms with van der Waals surface area (Å²) in [5.74, 6) is 0. The van der Waals surface area contributed by atoms with Gasteiger partial charge in [0.15, 0.2) is 0 Å². The van der Waals surface area contributed by atoms with Crippen molar-refractivity contribution in [1.82, 2.24) is 0 Å². The predicted octanol–water partition coefficient (Wildman–Crippen LogP) is 0.706. The summed E-state index contributed by atoms with van der Waals surface area (Å²) in [4.78, 5) is 0. The number of hydrogen-bond donors (Lipinski definition) is 1. The Morgan fingerprint density at radius 3 is 1.86 bits per heavy atom. The first-order valence-corrected chi connectivity index (χ1v) is 5.09. The maximum absolute atomic E-state index is 5.56. The van der Waals surface area contributed by atoms with Gasteiger partial charge in [0.05, 0.1) is 6.10 Å². The van der Waals surface area contributed by atoms with Crippen molar-refractivity contribution in [2.24, 2.45) is 0 Å². The van der Waals surface area contributed by atoms with E-state index < -0.39 is 0 Å². The monoisotopic (exact) mass is 222 g/mol. The van der Waals surface area contributed by atoms with Gasteiger partial charge in [0, 0.05) is 21.3 Å². The molecule has 5 atom stereocenters. The number of ether oxygens (including phenoxy) is 4. The first-order valence-electron chi connectivity index (χ1n) is 4.57. The molecule has 0 saturated carbocycles. The van der Waals surface area contributed by atoms with E-state index >= 15 is 0 Å². The normalized spacial score (nSPS) is 43.9. The largest absolute Gasteiger partial charge is 0.376 e. The molecule has 0 bridgehead atoms. The summed E-state index contributed by atoms with van der Waals surface area (Å²) < 4.78 is 21.5. The van der Waals surface area contributed by atoms with Crippen molar-refractivity contribution in [1.29, 1.82) is 0 Å². The third-order valence-corrected chi connectivity index (χ3v) is 2.98. The van der Waals surface area contributed by atoms with Crippen molar-refractivity contribution in [2.75, 3.05) is 21.3 Å². The zero-order valence-electron chi connectivity index (χ0n) is 8.97. The lowest BCUT2D eigenvalue weighted by atomic mass is 10.0. The van der Waals surface area contributed by atoms with Crippen molar-refractivity contribution in [3.63, 3.8) is 0 Å². The Kier molecular flexibility index (Phi) is 4.66. The Labute approximate surface area is 90.3 Å². The second kappa shape index (κ2) is 5.32. The van der Waals surface area contributed by atoms with Crippen LogP contribution in [-0.2, 0) is 18.9 Å². The second-order valence-corrected chi connectivity index (χ2v) is 3.84. The molecule has 0 aromatic heterocycles. The molecule has 0 aromatic rings. The molecular formula is C9H18O4S. The predicted molar refractivity (Wildman–Crippen MR) is 55.7 cm³/mol. The minimum absolute atomic E-state index is 0.0427. The molecule has 0 aromatic carbocycles. The maximum atomic E-state index is 5.56. The molecule has 0 amide bonds. The van der Waals surface area contributed by atoms with Gasteiger partial charge in [-0.2, -0.15) is 0 Å². The van der Waals surface area contributed by atoms with Gasteiger partial charge < -0.3 is 18.9 Å². The first-order chi connectivity index (χ1) is 6.65. The minimum atomic E-state index is -0.272. The van der Waals surface area contributed by atoms with Crippen LogP contribution in [0.2, 0.25) is 0 Å². The summed E-state index contributed by atoms with van der Waals surface area (Å²) in [6.07, 6.45) is -0.507. The van der Waals surface area contributed by atoms with Crippen LogP contribution in [0.3, 0.4) is 0 Å². The van der Waals surface area contributed by atoms with Gasteiger partial charge in [0.25, 0.3) is 0 Å². The van der Waals surface area contributed by atoms with E-state index in [4.69, 9.17) is 18.9 Å². The number of thiol groups is 1. The van der Waals surface area contributed by atoms with Crippen LogP contribution in [0, 0.1) is 0 Å². The molecule has 0 aliphatic carbocycles. The van der Waals surface area contributed by atoms with E-state index in [1.54, 1.807) is 21.3 Å². The van der Waals surface area contributed by atoms with Gasteiger partial charge in [0.2, 0.25) is 0 Å². The number of hydrogen-bond acceptors (Lipinski definition) is 5. The van der Waals surface area contributed by atoms with Crippen LogP contribution in [-0.4, -0.2) is 51.2 Å². The van der Waals surface area contributed by atoms with E-state index in [1.165, 1.54) is 0 Å². The SMILES string of the molecule is CO[C@H]1[C@H](OC)[C@@H](C)OC(S)[C@H]1OC. The standard InChI is InChI=1S/C9H18O4S/c1-5-6(10-2)7(11-3)8(12-4)9(14)13-5/h5-9,14H,1-4H3/t5-,6-,7+,8+,9?/m1/s1. The molecule has 1 fully saturated rings. The third kappa shape index (κ3) is 2.23. The Balaban J connectivity index is 2.76. The third-order valence-electron chi connectivity index (χ3n) is 2.56. The summed E-state index contributed by atoms with van der Waals surface area (Å²) in [7, 11) is 4.90. The van der Waals surface area contributed by atoms with E-state index in [0.29, 0.717) is 0 Å². The summed E-state index contributed by atoms with van der Waals surface area (Å²) in [6, 6.07) is 0. The van der Waals surface area contributed by atoms with E-state index in [0.717, 1.165) is 0 Å². The molecule has 0 N–H and O–H groups in total. The topological polar surface area (TPSA) is 36.9 Å². The molecule has 0 radical (unpaired) electrons. The zero-order valence-corrected chi connectivity index (χ0v) is 9.86. The lowest BCUT2D eigenvalue weighted by Crippen LogP contribution is -2.57. The van der Waals surface area contributed by atoms with Crippen LogP contribution in [0.4, 0.5) is 0 Å². The lowest BCUT2D eigenvalue weighted by Gasteiger charge is -2.42.